The van der Waals surface area contributed by atoms with E-state index in [4.69, 9.17) is 10.3 Å². The van der Waals surface area contributed by atoms with Crippen molar-refractivity contribution in [2.24, 2.45) is 0 Å². The third-order valence-corrected chi connectivity index (χ3v) is 6.51. The molecule has 0 bridgehead atoms. The van der Waals surface area contributed by atoms with Gasteiger partial charge in [0.1, 0.15) is 6.04 Å². The fourth-order valence-electron chi connectivity index (χ4n) is 3.05. The largest absolute Gasteiger partial charge is 0.395 e. The van der Waals surface area contributed by atoms with Crippen LogP contribution < -0.4 is 10.8 Å². The maximum absolute atomic E-state index is 12.6. The van der Waals surface area contributed by atoms with Crippen LogP contribution in [-0.4, -0.2) is 79.2 Å². The third kappa shape index (κ3) is 11.1. The first kappa shape index (κ1) is 36.4. The highest BCUT2D eigenvalue weighted by molar-refractivity contribution is 15.0. The predicted octanol–water partition coefficient (Wildman–Crippen LogP) is 3.10. The molecule has 14 heteroatoms. The zero-order valence-electron chi connectivity index (χ0n) is 18.5. The van der Waals surface area contributed by atoms with Crippen molar-refractivity contribution in [1.29, 1.82) is 0 Å². The second kappa shape index (κ2) is 19.3. The van der Waals surface area contributed by atoms with Crippen LogP contribution in [0.1, 0.15) is 22.3 Å². The van der Waals surface area contributed by atoms with E-state index in [2.05, 4.69) is 105 Å². The molecule has 4 N–H and O–H groups in total. The maximum atomic E-state index is 12.6. The zero-order valence-corrected chi connectivity index (χ0v) is 28.0. The molecule has 1 saturated heterocycles. The normalized spacial score (nSPS) is 15.0. The van der Waals surface area contributed by atoms with E-state index in [1.807, 2.05) is 0 Å². The molecular formula is C20H27I4N3O6S. The molecule has 0 aromatic heterocycles. The number of hydrogen-bond donors (Lipinski definition) is 4. The molecule has 1 atom stereocenters. The van der Waals surface area contributed by atoms with Gasteiger partial charge in [0.25, 0.3) is 11.8 Å². The van der Waals surface area contributed by atoms with Crippen LogP contribution >= 0.6 is 74.5 Å². The number of carbonyl (C=O) groups is 2. The first-order chi connectivity index (χ1) is 16.1. The number of likely N-dealkylation sites (N-methyl/N-ethyl adjacent to an activating group) is 1. The minimum Gasteiger partial charge on any atom is -0.395 e. The quantitative estimate of drug-likeness (QED) is 0.113. The van der Waals surface area contributed by atoms with Crippen LogP contribution in [0.25, 0.3) is 0 Å². The van der Waals surface area contributed by atoms with Crippen LogP contribution in [0.2, 0.25) is 0 Å². The van der Waals surface area contributed by atoms with Crippen LogP contribution in [0.4, 0.5) is 0 Å². The molecule has 1 unspecified atom stereocenters. The van der Waals surface area contributed by atoms with E-state index >= 15 is 0 Å². The molecule has 2 rings (SSSR count). The summed E-state index contributed by atoms with van der Waals surface area (Å²) in [6.07, 6.45) is 0.343. The van der Waals surface area contributed by atoms with Crippen molar-refractivity contribution in [2.45, 2.75) is 18.0 Å². The van der Waals surface area contributed by atoms with Gasteiger partial charge in [0.2, 0.25) is 0 Å². The summed E-state index contributed by atoms with van der Waals surface area (Å²) in [6.45, 7) is 5.96. The second-order valence-corrected chi connectivity index (χ2v) is 8.83. The summed E-state index contributed by atoms with van der Waals surface area (Å²) in [5.41, 5.74) is 1.25. The summed E-state index contributed by atoms with van der Waals surface area (Å²) in [6, 6.07) is 5.01. The molecule has 0 spiro atoms. The van der Waals surface area contributed by atoms with Crippen LogP contribution in [-0.2, 0) is 14.6 Å². The van der Waals surface area contributed by atoms with Gasteiger partial charge in [0.15, 0.2) is 9.84 Å². The minimum atomic E-state index is -3.33. The summed E-state index contributed by atoms with van der Waals surface area (Å²) in [5.74, 6) is 3.48. The molecule has 1 aliphatic rings. The van der Waals surface area contributed by atoms with Gasteiger partial charge >= 0.3 is 0 Å². The highest BCUT2D eigenvalue weighted by Crippen LogP contribution is 2.32. The van der Waals surface area contributed by atoms with Crippen molar-refractivity contribution in [2.75, 3.05) is 32.2 Å². The molecule has 0 radical (unpaired) electrons. The molecule has 1 aromatic rings. The molecule has 9 nitrogen and oxygen atoms in total. The summed E-state index contributed by atoms with van der Waals surface area (Å²) in [7, 11) is -0.107. The Bertz CT molecular complexity index is 922. The van der Waals surface area contributed by atoms with E-state index in [1.165, 1.54) is 17.6 Å². The molecule has 1 aromatic carbocycles. The van der Waals surface area contributed by atoms with E-state index < -0.39 is 33.2 Å². The van der Waals surface area contributed by atoms with Crippen molar-refractivity contribution in [3.63, 3.8) is 0 Å². The van der Waals surface area contributed by atoms with Crippen LogP contribution in [0.3, 0.4) is 0 Å². The van der Waals surface area contributed by atoms with Crippen molar-refractivity contribution < 1.29 is 28.3 Å². The Morgan fingerprint density at radius 3 is 2.03 bits per heavy atom. The monoisotopic (exact) mass is 945 g/mol. The number of hydrogen-bond acceptors (Lipinski definition) is 7. The number of hydroxylamine groups is 1. The summed E-state index contributed by atoms with van der Waals surface area (Å²) < 4.78 is 23.5. The number of halogens is 4. The van der Waals surface area contributed by atoms with E-state index in [9.17, 15) is 18.0 Å². The highest BCUT2D eigenvalue weighted by Gasteiger charge is 2.58. The number of nitrogens with one attached hydrogen (secondary N) is 2. The molecule has 0 saturated carbocycles. The van der Waals surface area contributed by atoms with Gasteiger partial charge in [-0.2, -0.15) is 0 Å². The lowest BCUT2D eigenvalue weighted by molar-refractivity contribution is -0.134. The average Bonchev–Trinajstić information content (AvgIpc) is 2.84. The number of benzene rings is 1. The van der Waals surface area contributed by atoms with E-state index in [-0.39, 0.29) is 23.7 Å². The standard InChI is InChI=1S/C18H23N3O6S.C2H4.2I2/c1-21(2)18(11-28(26,27)12-18)15(17(24)20-25)19-16(23)14-8-6-13(7-9-14)5-3-4-10-22;3*1-2/h6-9,15,22,25H,4,10-12H2,1-2H3,(H,19,23)(H,20,24);1-2H2;;. The SMILES string of the molecule is C=C.CN(C)C1(C(NC(=O)c2ccc(C#CCCO)cc2)C(=O)NO)CS(=O)(=O)C1.II.II. The third-order valence-electron chi connectivity index (χ3n) is 4.63. The van der Waals surface area contributed by atoms with Gasteiger partial charge < -0.3 is 10.4 Å². The van der Waals surface area contributed by atoms with E-state index in [0.717, 1.165) is 0 Å². The van der Waals surface area contributed by atoms with E-state index in [0.29, 0.717) is 12.0 Å². The Morgan fingerprint density at radius 2 is 1.65 bits per heavy atom. The van der Waals surface area contributed by atoms with Gasteiger partial charge in [0, 0.05) is 92.0 Å². The maximum Gasteiger partial charge on any atom is 0.267 e. The Morgan fingerprint density at radius 1 is 1.15 bits per heavy atom. The fraction of sp³-hybridized carbons (Fsp3) is 0.400. The number of aliphatic hydroxyl groups excluding tert-OH is 1. The first-order valence-corrected chi connectivity index (χ1v) is 23.7. The van der Waals surface area contributed by atoms with E-state index in [1.54, 1.807) is 31.1 Å². The molecule has 34 heavy (non-hydrogen) atoms. The number of nitrogens with zero attached hydrogens (tertiary/aromatic N) is 1. The van der Waals surface area contributed by atoms with Crippen LogP contribution in [0.15, 0.2) is 37.4 Å². The lowest BCUT2D eigenvalue weighted by Crippen LogP contribution is -2.76. The number of amides is 2. The fourth-order valence-corrected chi connectivity index (χ4v) is 5.34. The van der Waals surface area contributed by atoms with Gasteiger partial charge in [-0.1, -0.05) is 11.8 Å². The molecule has 1 heterocycles. The lowest BCUT2D eigenvalue weighted by Gasteiger charge is -2.50. The van der Waals surface area contributed by atoms with Gasteiger partial charge in [-0.25, -0.2) is 13.9 Å². The topological polar surface area (TPSA) is 136 Å². The predicted molar refractivity (Wildman–Crippen MR) is 169 cm³/mol. The van der Waals surface area contributed by atoms with Crippen molar-refractivity contribution in [3.8, 4) is 11.8 Å². The van der Waals surface area contributed by atoms with Crippen LogP contribution in [0.5, 0.6) is 0 Å². The zero-order chi connectivity index (χ0) is 26.9. The number of rotatable bonds is 6. The molecule has 192 valence electrons. The Labute approximate surface area is 247 Å². The van der Waals surface area contributed by atoms with Gasteiger partial charge in [-0.3, -0.25) is 19.7 Å². The number of sulfone groups is 1. The summed E-state index contributed by atoms with van der Waals surface area (Å²) >= 11 is 8.48. The van der Waals surface area contributed by atoms with Gasteiger partial charge in [0.05, 0.1) is 23.7 Å². The molecule has 1 fully saturated rings. The van der Waals surface area contributed by atoms with Crippen LogP contribution in [0, 0.1) is 11.8 Å². The Balaban J connectivity index is 0. The van der Waals surface area contributed by atoms with Gasteiger partial charge in [-0.15, -0.1) is 13.2 Å². The van der Waals surface area contributed by atoms with Crippen molar-refractivity contribution in [3.05, 3.63) is 48.6 Å². The minimum absolute atomic E-state index is 0.0366. The Hall–Kier alpha value is 0.210. The average molecular weight is 945 g/mol. The summed E-state index contributed by atoms with van der Waals surface area (Å²) in [4.78, 5) is 26.4. The second-order valence-electron chi connectivity index (χ2n) is 6.77. The van der Waals surface area contributed by atoms with Gasteiger partial charge in [-0.05, 0) is 38.4 Å². The molecule has 0 aliphatic carbocycles. The highest BCUT2D eigenvalue weighted by atomic mass is 128. The van der Waals surface area contributed by atoms with Crippen molar-refractivity contribution in [1.82, 2.24) is 15.7 Å². The molecule has 1 aliphatic heterocycles. The lowest BCUT2D eigenvalue weighted by atomic mass is 9.90. The summed E-state index contributed by atoms with van der Waals surface area (Å²) in [5, 5.41) is 20.3. The van der Waals surface area contributed by atoms with Crippen molar-refractivity contribution >= 4 is 96.1 Å². The Kier molecular flexibility index (Phi) is 20.7. The molecule has 2 amide bonds. The molecular weight excluding hydrogens is 918 g/mol. The number of aliphatic hydroxyl groups is 1. The smallest absolute Gasteiger partial charge is 0.267 e. The number of carbonyl (C=O) groups excluding carboxylic acids is 2. The first-order valence-electron chi connectivity index (χ1n) is 9.26.